The van der Waals surface area contributed by atoms with Crippen LogP contribution in [0.15, 0.2) is 6.20 Å². The Morgan fingerprint density at radius 2 is 2.24 bits per heavy atom. The highest BCUT2D eigenvalue weighted by atomic mass is 32.1. The minimum atomic E-state index is -1.32. The number of thiazole rings is 1. The highest BCUT2D eigenvalue weighted by molar-refractivity contribution is 7.13. The van der Waals surface area contributed by atoms with Crippen LogP contribution in [-0.2, 0) is 9.59 Å². The maximum Gasteiger partial charge on any atom is 0.326 e. The first-order valence-electron chi connectivity index (χ1n) is 4.64. The van der Waals surface area contributed by atoms with Crippen LogP contribution in [-0.4, -0.2) is 33.9 Å². The smallest absolute Gasteiger partial charge is 0.326 e. The summed E-state index contributed by atoms with van der Waals surface area (Å²) in [6, 6.07) is -1.32. The lowest BCUT2D eigenvalue weighted by atomic mass is 10.2. The van der Waals surface area contributed by atoms with Crippen molar-refractivity contribution in [2.45, 2.75) is 19.4 Å². The number of rotatable bonds is 5. The fourth-order valence-electron chi connectivity index (χ4n) is 1.10. The van der Waals surface area contributed by atoms with E-state index in [1.165, 1.54) is 6.20 Å². The number of amides is 2. The van der Waals surface area contributed by atoms with Crippen molar-refractivity contribution in [1.82, 2.24) is 10.3 Å². The summed E-state index contributed by atoms with van der Waals surface area (Å²) in [6.45, 7) is 1.72. The zero-order valence-electron chi connectivity index (χ0n) is 8.97. The average molecular weight is 257 g/mol. The molecule has 0 aliphatic heterocycles. The maximum absolute atomic E-state index is 11.6. The summed E-state index contributed by atoms with van der Waals surface area (Å²) in [5.74, 6) is -2.68. The van der Waals surface area contributed by atoms with Gasteiger partial charge in [-0.05, 0) is 6.92 Å². The van der Waals surface area contributed by atoms with Gasteiger partial charge in [0.2, 0.25) is 5.91 Å². The van der Waals surface area contributed by atoms with E-state index in [2.05, 4.69) is 10.3 Å². The molecule has 1 rings (SSSR count). The molecule has 0 bridgehead atoms. The van der Waals surface area contributed by atoms with Crippen molar-refractivity contribution in [3.8, 4) is 0 Å². The van der Waals surface area contributed by atoms with E-state index in [9.17, 15) is 14.4 Å². The third-order valence-electron chi connectivity index (χ3n) is 1.85. The third-order valence-corrected chi connectivity index (χ3v) is 2.77. The number of aryl methyl sites for hydroxylation is 1. The minimum Gasteiger partial charge on any atom is -0.480 e. The van der Waals surface area contributed by atoms with Crippen molar-refractivity contribution < 1.29 is 19.5 Å². The molecular formula is C9H11N3O4S. The number of aromatic nitrogens is 1. The number of hydrogen-bond donors (Lipinski definition) is 3. The number of carboxylic acid groups (broad SMARTS) is 1. The van der Waals surface area contributed by atoms with Gasteiger partial charge in [-0.3, -0.25) is 9.59 Å². The molecule has 0 aliphatic rings. The molecule has 0 saturated heterocycles. The van der Waals surface area contributed by atoms with Crippen molar-refractivity contribution in [3.05, 3.63) is 16.1 Å². The van der Waals surface area contributed by atoms with Gasteiger partial charge in [-0.25, -0.2) is 9.78 Å². The van der Waals surface area contributed by atoms with Gasteiger partial charge >= 0.3 is 5.97 Å². The highest BCUT2D eigenvalue weighted by Gasteiger charge is 2.23. The van der Waals surface area contributed by atoms with Crippen LogP contribution in [0, 0.1) is 6.92 Å². The van der Waals surface area contributed by atoms with E-state index in [1.54, 1.807) is 6.92 Å². The SMILES string of the molecule is Cc1ncc(C(=O)NC(CC(N)=O)C(=O)O)s1. The Labute approximate surface area is 101 Å². The van der Waals surface area contributed by atoms with Crippen LogP contribution in [0.5, 0.6) is 0 Å². The molecule has 17 heavy (non-hydrogen) atoms. The molecule has 0 spiro atoms. The Morgan fingerprint density at radius 1 is 1.59 bits per heavy atom. The van der Waals surface area contributed by atoms with Gasteiger partial charge in [0.05, 0.1) is 17.6 Å². The second kappa shape index (κ2) is 5.39. The summed E-state index contributed by atoms with van der Waals surface area (Å²) in [7, 11) is 0. The predicted octanol–water partition coefficient (Wildman–Crippen LogP) is -0.490. The Morgan fingerprint density at radius 3 is 2.65 bits per heavy atom. The predicted molar refractivity (Wildman–Crippen MR) is 59.6 cm³/mol. The summed E-state index contributed by atoms with van der Waals surface area (Å²) in [4.78, 5) is 37.2. The first-order valence-corrected chi connectivity index (χ1v) is 5.46. The van der Waals surface area contributed by atoms with Crippen LogP contribution in [0.25, 0.3) is 0 Å². The molecule has 1 aromatic heterocycles. The van der Waals surface area contributed by atoms with E-state index < -0.39 is 30.2 Å². The Kier molecular flexibility index (Phi) is 4.16. The van der Waals surface area contributed by atoms with E-state index in [0.29, 0.717) is 9.88 Å². The normalized spacial score (nSPS) is 11.8. The average Bonchev–Trinajstić information content (AvgIpc) is 2.63. The molecule has 0 radical (unpaired) electrons. The highest BCUT2D eigenvalue weighted by Crippen LogP contribution is 2.11. The van der Waals surface area contributed by atoms with Crippen molar-refractivity contribution in [3.63, 3.8) is 0 Å². The fourth-order valence-corrected chi connectivity index (χ4v) is 1.78. The van der Waals surface area contributed by atoms with Gasteiger partial charge < -0.3 is 16.2 Å². The maximum atomic E-state index is 11.6. The Balaban J connectivity index is 2.70. The molecule has 4 N–H and O–H groups in total. The Bertz CT molecular complexity index is 457. The molecule has 7 nitrogen and oxygen atoms in total. The molecule has 8 heteroatoms. The number of hydrogen-bond acceptors (Lipinski definition) is 5. The summed E-state index contributed by atoms with van der Waals surface area (Å²) in [5.41, 5.74) is 4.89. The molecule has 1 unspecified atom stereocenters. The number of aliphatic carboxylic acids is 1. The molecule has 0 aliphatic carbocycles. The Hall–Kier alpha value is -1.96. The molecule has 0 saturated carbocycles. The second-order valence-corrected chi connectivity index (χ2v) is 4.51. The molecule has 0 aromatic carbocycles. The van der Waals surface area contributed by atoms with Gasteiger partial charge in [0.15, 0.2) is 0 Å². The van der Waals surface area contributed by atoms with Crippen molar-refractivity contribution in [2.75, 3.05) is 0 Å². The second-order valence-electron chi connectivity index (χ2n) is 3.28. The van der Waals surface area contributed by atoms with Gasteiger partial charge in [0, 0.05) is 0 Å². The molecule has 0 fully saturated rings. The monoisotopic (exact) mass is 257 g/mol. The van der Waals surface area contributed by atoms with Gasteiger partial charge in [-0.15, -0.1) is 11.3 Å². The third kappa shape index (κ3) is 3.83. The van der Waals surface area contributed by atoms with Crippen molar-refractivity contribution in [1.29, 1.82) is 0 Å². The zero-order valence-corrected chi connectivity index (χ0v) is 9.78. The molecule has 1 heterocycles. The van der Waals surface area contributed by atoms with Crippen LogP contribution >= 0.6 is 11.3 Å². The molecule has 1 aromatic rings. The number of nitrogens with two attached hydrogens (primary N) is 1. The lowest BCUT2D eigenvalue weighted by molar-refractivity contribution is -0.140. The van der Waals surface area contributed by atoms with Gasteiger partial charge in [0.1, 0.15) is 10.9 Å². The van der Waals surface area contributed by atoms with Gasteiger partial charge in [-0.1, -0.05) is 0 Å². The van der Waals surface area contributed by atoms with Crippen LogP contribution in [0.1, 0.15) is 21.1 Å². The number of nitrogens with zero attached hydrogens (tertiary/aromatic N) is 1. The minimum absolute atomic E-state index is 0.290. The van der Waals surface area contributed by atoms with Crippen LogP contribution < -0.4 is 11.1 Å². The summed E-state index contributed by atoms with van der Waals surface area (Å²) >= 11 is 1.14. The molecule has 1 atom stereocenters. The van der Waals surface area contributed by atoms with Crippen LogP contribution in [0.2, 0.25) is 0 Å². The molecule has 92 valence electrons. The standard InChI is InChI=1S/C9H11N3O4S/c1-4-11-3-6(17-4)8(14)12-5(9(15)16)2-7(10)13/h3,5H,2H2,1H3,(H2,10,13)(H,12,14)(H,15,16). The van der Waals surface area contributed by atoms with Gasteiger partial charge in [0.25, 0.3) is 5.91 Å². The van der Waals surface area contributed by atoms with E-state index in [0.717, 1.165) is 11.3 Å². The lowest BCUT2D eigenvalue weighted by Crippen LogP contribution is -2.43. The van der Waals surface area contributed by atoms with E-state index in [1.807, 2.05) is 0 Å². The quantitative estimate of drug-likeness (QED) is 0.657. The van der Waals surface area contributed by atoms with E-state index in [-0.39, 0.29) is 0 Å². The van der Waals surface area contributed by atoms with Crippen molar-refractivity contribution in [2.24, 2.45) is 5.73 Å². The van der Waals surface area contributed by atoms with Gasteiger partial charge in [-0.2, -0.15) is 0 Å². The zero-order chi connectivity index (χ0) is 13.0. The van der Waals surface area contributed by atoms with Crippen LogP contribution in [0.4, 0.5) is 0 Å². The van der Waals surface area contributed by atoms with Crippen LogP contribution in [0.3, 0.4) is 0 Å². The summed E-state index contributed by atoms with van der Waals surface area (Å²) in [6.07, 6.45) is 0.900. The number of carbonyl (C=O) groups excluding carboxylic acids is 2. The fraction of sp³-hybridized carbons (Fsp3) is 0.333. The topological polar surface area (TPSA) is 122 Å². The van der Waals surface area contributed by atoms with Crippen molar-refractivity contribution >= 4 is 29.1 Å². The summed E-state index contributed by atoms with van der Waals surface area (Å²) < 4.78 is 0. The first-order chi connectivity index (χ1) is 7.90. The number of nitrogens with one attached hydrogen (secondary N) is 1. The number of carbonyl (C=O) groups is 3. The van der Waals surface area contributed by atoms with E-state index in [4.69, 9.17) is 10.8 Å². The molecule has 2 amide bonds. The first kappa shape index (κ1) is 13.1. The summed E-state index contributed by atoms with van der Waals surface area (Å²) in [5, 5.41) is 11.7. The molecular weight excluding hydrogens is 246 g/mol. The number of carboxylic acids is 1. The number of primary amides is 1. The van der Waals surface area contributed by atoms with E-state index >= 15 is 0 Å². The largest absolute Gasteiger partial charge is 0.480 e. The lowest BCUT2D eigenvalue weighted by Gasteiger charge is -2.11.